The summed E-state index contributed by atoms with van der Waals surface area (Å²) in [6.07, 6.45) is 0. The van der Waals surface area contributed by atoms with Gasteiger partial charge in [-0.1, -0.05) is 5.22 Å². The fraction of sp³-hybridized carbons (Fsp3) is 0.333. The monoisotopic (exact) mass is 235 g/mol. The minimum Gasteiger partial charge on any atom is -0.256 e. The molecular weight excluding hydrogens is 234 g/mol. The van der Waals surface area contributed by atoms with E-state index in [-0.39, 0.29) is 0 Å². The van der Waals surface area contributed by atoms with Crippen LogP contribution in [-0.2, 0) is 0 Å². The molecule has 18 heavy (non-hydrogen) atoms. The normalized spacial score (nSPS) is 20.3. The van der Waals surface area contributed by atoms with Crippen molar-refractivity contribution in [3.8, 4) is 36.4 Å². The molecule has 9 heteroatoms. The van der Waals surface area contributed by atoms with Gasteiger partial charge in [-0.05, 0) is 0 Å². The van der Waals surface area contributed by atoms with Crippen LogP contribution in [0.5, 0.6) is 0 Å². The molecule has 0 aromatic heterocycles. The fourth-order valence-electron chi connectivity index (χ4n) is 1.44. The van der Waals surface area contributed by atoms with Crippen molar-refractivity contribution in [2.75, 3.05) is 0 Å². The molecule has 0 spiro atoms. The van der Waals surface area contributed by atoms with E-state index < -0.39 is 16.5 Å². The standard InChI is InChI=1S/C9HN9/c10-1-7(2-11)8(3-12,4-13)16-18-17-9(7,5-14)6-15/h(H,16,17). The van der Waals surface area contributed by atoms with Crippen molar-refractivity contribution in [1.29, 1.82) is 31.6 Å². The van der Waals surface area contributed by atoms with Gasteiger partial charge in [-0.2, -0.15) is 31.6 Å². The summed E-state index contributed by atoms with van der Waals surface area (Å²) in [6, 6.07) is 8.34. The lowest BCUT2D eigenvalue weighted by Crippen LogP contribution is -2.65. The molecule has 0 saturated heterocycles. The lowest BCUT2D eigenvalue weighted by Gasteiger charge is -2.37. The van der Waals surface area contributed by atoms with Crippen LogP contribution < -0.4 is 5.43 Å². The summed E-state index contributed by atoms with van der Waals surface area (Å²) in [6.45, 7) is 0. The number of nitriles is 6. The molecule has 1 aliphatic heterocycles. The number of hydrogen-bond donors (Lipinski definition) is 1. The molecular formula is C9HN9. The molecule has 0 aromatic carbocycles. The molecule has 1 rings (SSSR count). The van der Waals surface area contributed by atoms with Crippen molar-refractivity contribution < 1.29 is 0 Å². The summed E-state index contributed by atoms with van der Waals surface area (Å²) in [4.78, 5) is 0. The van der Waals surface area contributed by atoms with Gasteiger partial charge in [0.15, 0.2) is 0 Å². The summed E-state index contributed by atoms with van der Waals surface area (Å²) in [7, 11) is 0. The Morgan fingerprint density at radius 1 is 0.722 bits per heavy atom. The molecule has 0 atom stereocenters. The van der Waals surface area contributed by atoms with Crippen LogP contribution in [-0.4, -0.2) is 11.1 Å². The van der Waals surface area contributed by atoms with E-state index in [1.807, 2.05) is 5.43 Å². The number of hydrogen-bond acceptors (Lipinski definition) is 9. The highest BCUT2D eigenvalue weighted by atomic mass is 15.5. The Hall–Kier alpha value is -3.66. The molecule has 1 heterocycles. The van der Waals surface area contributed by atoms with Crippen LogP contribution in [0.15, 0.2) is 10.3 Å². The second kappa shape index (κ2) is 3.73. The van der Waals surface area contributed by atoms with E-state index in [1.54, 1.807) is 0 Å². The lowest BCUT2D eigenvalue weighted by atomic mass is 9.61. The third-order valence-corrected chi connectivity index (χ3v) is 2.52. The van der Waals surface area contributed by atoms with Crippen LogP contribution in [0.25, 0.3) is 0 Å². The van der Waals surface area contributed by atoms with E-state index in [0.717, 1.165) is 0 Å². The first-order valence-electron chi connectivity index (χ1n) is 4.24. The summed E-state index contributed by atoms with van der Waals surface area (Å²) in [5.41, 5.74) is -5.68. The summed E-state index contributed by atoms with van der Waals surface area (Å²) in [5, 5.41) is 60.6. The number of rotatable bonds is 0. The molecule has 9 nitrogen and oxygen atoms in total. The Morgan fingerprint density at radius 3 is 1.56 bits per heavy atom. The van der Waals surface area contributed by atoms with Crippen molar-refractivity contribution >= 4 is 0 Å². The van der Waals surface area contributed by atoms with Crippen LogP contribution in [0.3, 0.4) is 0 Å². The molecule has 1 N–H and O–H groups in total. The smallest absolute Gasteiger partial charge is 0.256 e. The van der Waals surface area contributed by atoms with Gasteiger partial charge in [0.2, 0.25) is 5.41 Å². The van der Waals surface area contributed by atoms with Gasteiger partial charge in [0.05, 0.1) is 12.1 Å². The van der Waals surface area contributed by atoms with Crippen molar-refractivity contribution in [2.24, 2.45) is 15.8 Å². The maximum Gasteiger partial charge on any atom is 0.289 e. The van der Waals surface area contributed by atoms with Gasteiger partial charge in [-0.15, -0.1) is 5.11 Å². The molecule has 82 valence electrons. The highest BCUT2D eigenvalue weighted by Crippen LogP contribution is 2.45. The first kappa shape index (κ1) is 12.4. The van der Waals surface area contributed by atoms with Gasteiger partial charge < -0.3 is 0 Å². The maximum atomic E-state index is 9.12. The average molecular weight is 235 g/mol. The predicted octanol–water partition coefficient (Wildman–Crippen LogP) is -0.438. The summed E-state index contributed by atoms with van der Waals surface area (Å²) < 4.78 is 0. The van der Waals surface area contributed by atoms with Crippen molar-refractivity contribution in [1.82, 2.24) is 5.43 Å². The largest absolute Gasteiger partial charge is 0.289 e. The summed E-state index contributed by atoms with van der Waals surface area (Å²) >= 11 is 0. The molecule has 0 radical (unpaired) electrons. The van der Waals surface area contributed by atoms with Crippen molar-refractivity contribution in [3.05, 3.63) is 0 Å². The topological polar surface area (TPSA) is 179 Å². The first-order valence-corrected chi connectivity index (χ1v) is 4.24. The van der Waals surface area contributed by atoms with Gasteiger partial charge in [0.25, 0.3) is 11.1 Å². The highest BCUT2D eigenvalue weighted by Gasteiger charge is 2.72. The maximum absolute atomic E-state index is 9.12. The van der Waals surface area contributed by atoms with Gasteiger partial charge in [0, 0.05) is 0 Å². The first-order chi connectivity index (χ1) is 8.57. The average Bonchev–Trinajstić information content (AvgIpc) is 2.45. The van der Waals surface area contributed by atoms with Gasteiger partial charge in [-0.3, -0.25) is 5.43 Å². The van der Waals surface area contributed by atoms with E-state index in [1.165, 1.54) is 36.4 Å². The fourth-order valence-corrected chi connectivity index (χ4v) is 1.44. The van der Waals surface area contributed by atoms with Crippen LogP contribution in [0.2, 0.25) is 0 Å². The van der Waals surface area contributed by atoms with E-state index in [4.69, 9.17) is 31.6 Å². The van der Waals surface area contributed by atoms with E-state index in [9.17, 15) is 0 Å². The molecule has 0 aromatic rings. The molecule has 0 bridgehead atoms. The number of nitrogens with one attached hydrogen (secondary N) is 1. The molecule has 1 aliphatic rings. The Kier molecular flexibility index (Phi) is 2.57. The Balaban J connectivity index is 3.89. The summed E-state index contributed by atoms with van der Waals surface area (Å²) in [5.74, 6) is 0. The van der Waals surface area contributed by atoms with E-state index >= 15 is 0 Å². The number of nitrogens with zero attached hydrogens (tertiary/aromatic N) is 8. The highest BCUT2D eigenvalue weighted by molar-refractivity contribution is 5.52. The van der Waals surface area contributed by atoms with Crippen molar-refractivity contribution in [2.45, 2.75) is 11.1 Å². The van der Waals surface area contributed by atoms with Gasteiger partial charge in [-0.25, -0.2) is 0 Å². The zero-order chi connectivity index (χ0) is 13.9. The van der Waals surface area contributed by atoms with Crippen LogP contribution in [0.1, 0.15) is 0 Å². The Bertz CT molecular complexity index is 618. The molecule has 0 aliphatic carbocycles. The quantitative estimate of drug-likeness (QED) is 0.590. The minimum atomic E-state index is -2.62. The minimum absolute atomic E-state index is 1.37. The van der Waals surface area contributed by atoms with E-state index in [2.05, 4.69) is 10.3 Å². The third kappa shape index (κ3) is 0.975. The van der Waals surface area contributed by atoms with Gasteiger partial charge in [0.1, 0.15) is 24.3 Å². The van der Waals surface area contributed by atoms with Gasteiger partial charge >= 0.3 is 0 Å². The Labute approximate surface area is 101 Å². The van der Waals surface area contributed by atoms with Crippen LogP contribution in [0, 0.1) is 73.4 Å². The molecule has 0 unspecified atom stereocenters. The van der Waals surface area contributed by atoms with Crippen LogP contribution >= 0.6 is 0 Å². The third-order valence-electron chi connectivity index (χ3n) is 2.52. The predicted molar refractivity (Wildman–Crippen MR) is 49.6 cm³/mol. The second-order valence-electron chi connectivity index (χ2n) is 3.19. The van der Waals surface area contributed by atoms with Crippen molar-refractivity contribution in [3.63, 3.8) is 0 Å². The second-order valence-corrected chi connectivity index (χ2v) is 3.19. The molecule has 0 saturated carbocycles. The van der Waals surface area contributed by atoms with E-state index in [0.29, 0.717) is 0 Å². The molecule has 0 fully saturated rings. The zero-order valence-electron chi connectivity index (χ0n) is 8.58. The Morgan fingerprint density at radius 2 is 1.22 bits per heavy atom. The SMILES string of the molecule is N#CC1(C#N)N=NNC(C#N)(C#N)C1(C#N)C#N. The van der Waals surface area contributed by atoms with Crippen LogP contribution in [0.4, 0.5) is 0 Å². The lowest BCUT2D eigenvalue weighted by molar-refractivity contribution is 0.215. The zero-order valence-corrected chi connectivity index (χ0v) is 8.58. The molecule has 0 amide bonds.